The zero-order valence-corrected chi connectivity index (χ0v) is 11.1. The Kier molecular flexibility index (Phi) is 2.74. The van der Waals surface area contributed by atoms with Gasteiger partial charge in [0.25, 0.3) is 0 Å². The maximum absolute atomic E-state index is 10.5. The molecule has 0 atom stereocenters. The van der Waals surface area contributed by atoms with Crippen LogP contribution < -0.4 is 0 Å². The number of aromatic nitrogens is 2. The lowest BCUT2D eigenvalue weighted by atomic mass is 10.0. The third-order valence-electron chi connectivity index (χ3n) is 2.70. The monoisotopic (exact) mass is 256 g/mol. The van der Waals surface area contributed by atoms with E-state index in [2.05, 4.69) is 9.97 Å². The molecule has 0 aliphatic carbocycles. The van der Waals surface area contributed by atoms with Crippen molar-refractivity contribution in [3.8, 4) is 0 Å². The van der Waals surface area contributed by atoms with Crippen molar-refractivity contribution in [2.24, 2.45) is 0 Å². The molecule has 0 spiro atoms. The van der Waals surface area contributed by atoms with Crippen LogP contribution in [0.4, 0.5) is 0 Å². The van der Waals surface area contributed by atoms with Crippen molar-refractivity contribution in [2.45, 2.75) is 44.1 Å². The van der Waals surface area contributed by atoms with Crippen LogP contribution in [0.1, 0.15) is 39.1 Å². The largest absolute Gasteiger partial charge is 0.481 e. The Labute approximate surface area is 104 Å². The second-order valence-electron chi connectivity index (χ2n) is 5.07. The molecule has 1 aromatic heterocycles. The summed E-state index contributed by atoms with van der Waals surface area (Å²) in [6.07, 6.45) is 0. The van der Waals surface area contributed by atoms with Gasteiger partial charge in [-0.15, -0.1) is 0 Å². The van der Waals surface area contributed by atoms with Crippen LogP contribution in [-0.2, 0) is 20.7 Å². The highest BCUT2D eigenvalue weighted by atomic mass is 32.2. The lowest BCUT2D eigenvalue weighted by molar-refractivity contribution is -0.133. The predicted octanol–water partition coefficient (Wildman–Crippen LogP) is 2.09. The lowest BCUT2D eigenvalue weighted by Crippen LogP contribution is -2.24. The van der Waals surface area contributed by atoms with Crippen LogP contribution >= 0.6 is 11.8 Å². The third kappa shape index (κ3) is 2.19. The second kappa shape index (κ2) is 3.74. The maximum atomic E-state index is 10.5. The van der Waals surface area contributed by atoms with E-state index in [1.54, 1.807) is 0 Å². The first kappa shape index (κ1) is 12.4. The fourth-order valence-electron chi connectivity index (χ4n) is 2.16. The van der Waals surface area contributed by atoms with Crippen LogP contribution in [0.3, 0.4) is 0 Å². The van der Waals surface area contributed by atoms with E-state index < -0.39 is 17.2 Å². The minimum Gasteiger partial charge on any atom is -0.481 e. The standard InChI is InChI=1S/C11H16N2O3S/c1-10(2)7-8(11(3,4)16-10)13-9(12-7)17-5-6(14)15/h5H2,1-4H3,(H,12,13)(H,14,15). The van der Waals surface area contributed by atoms with Crippen molar-refractivity contribution < 1.29 is 14.6 Å². The smallest absolute Gasteiger partial charge is 0.313 e. The molecule has 1 aliphatic rings. The van der Waals surface area contributed by atoms with Gasteiger partial charge in [0.1, 0.15) is 11.2 Å². The minimum atomic E-state index is -0.846. The Morgan fingerprint density at radius 1 is 1.41 bits per heavy atom. The van der Waals surface area contributed by atoms with Gasteiger partial charge in [0.05, 0.1) is 17.1 Å². The number of aliphatic carboxylic acids is 1. The normalized spacial score (nSPS) is 20.2. The fourth-order valence-corrected chi connectivity index (χ4v) is 2.75. The Hall–Kier alpha value is -1.01. The van der Waals surface area contributed by atoms with Gasteiger partial charge in [0.15, 0.2) is 5.16 Å². The number of thioether (sulfide) groups is 1. The first-order valence-corrected chi connectivity index (χ1v) is 6.37. The van der Waals surface area contributed by atoms with E-state index in [0.29, 0.717) is 5.16 Å². The van der Waals surface area contributed by atoms with Crippen molar-refractivity contribution in [3.05, 3.63) is 11.4 Å². The fraction of sp³-hybridized carbons (Fsp3) is 0.636. The molecule has 0 bridgehead atoms. The third-order valence-corrected chi connectivity index (χ3v) is 3.56. The molecule has 1 aromatic rings. The molecule has 0 aromatic carbocycles. The van der Waals surface area contributed by atoms with Gasteiger partial charge in [-0.2, -0.15) is 0 Å². The van der Waals surface area contributed by atoms with Crippen molar-refractivity contribution in [1.29, 1.82) is 0 Å². The summed E-state index contributed by atoms with van der Waals surface area (Å²) in [5, 5.41) is 9.28. The number of imidazole rings is 1. The summed E-state index contributed by atoms with van der Waals surface area (Å²) in [5.41, 5.74) is 0.969. The highest BCUT2D eigenvalue weighted by Gasteiger charge is 2.46. The quantitative estimate of drug-likeness (QED) is 0.810. The summed E-state index contributed by atoms with van der Waals surface area (Å²) in [6, 6.07) is 0. The van der Waals surface area contributed by atoms with E-state index in [0.717, 1.165) is 11.4 Å². The van der Waals surface area contributed by atoms with Gasteiger partial charge in [-0.1, -0.05) is 11.8 Å². The number of fused-ring (bicyclic) bond motifs is 1. The van der Waals surface area contributed by atoms with E-state index in [4.69, 9.17) is 9.84 Å². The van der Waals surface area contributed by atoms with Crippen molar-refractivity contribution >= 4 is 17.7 Å². The van der Waals surface area contributed by atoms with Gasteiger partial charge in [-0.3, -0.25) is 4.79 Å². The Morgan fingerprint density at radius 3 is 2.59 bits per heavy atom. The topological polar surface area (TPSA) is 75.2 Å². The summed E-state index contributed by atoms with van der Waals surface area (Å²) >= 11 is 1.19. The van der Waals surface area contributed by atoms with E-state index in [1.165, 1.54) is 11.8 Å². The van der Waals surface area contributed by atoms with Crippen LogP contribution in [-0.4, -0.2) is 26.8 Å². The van der Waals surface area contributed by atoms with Gasteiger partial charge >= 0.3 is 5.97 Å². The molecule has 1 aliphatic heterocycles. The molecule has 0 unspecified atom stereocenters. The molecule has 0 radical (unpaired) electrons. The molecule has 5 nitrogen and oxygen atoms in total. The average Bonchev–Trinajstić information content (AvgIpc) is 2.63. The summed E-state index contributed by atoms with van der Waals surface area (Å²) in [4.78, 5) is 18.1. The van der Waals surface area contributed by atoms with E-state index in [-0.39, 0.29) is 5.75 Å². The van der Waals surface area contributed by atoms with Crippen LogP contribution in [0.5, 0.6) is 0 Å². The maximum Gasteiger partial charge on any atom is 0.313 e. The van der Waals surface area contributed by atoms with Crippen LogP contribution in [0.2, 0.25) is 0 Å². The van der Waals surface area contributed by atoms with Crippen LogP contribution in [0.15, 0.2) is 5.16 Å². The molecule has 17 heavy (non-hydrogen) atoms. The molecule has 94 valence electrons. The Morgan fingerprint density at radius 2 is 2.06 bits per heavy atom. The van der Waals surface area contributed by atoms with Gasteiger partial charge < -0.3 is 14.8 Å². The summed E-state index contributed by atoms with van der Waals surface area (Å²) in [6.45, 7) is 7.88. The number of aromatic amines is 1. The molecule has 2 N–H and O–H groups in total. The molecule has 0 saturated carbocycles. The van der Waals surface area contributed by atoms with E-state index in [1.807, 2.05) is 27.7 Å². The first-order valence-electron chi connectivity index (χ1n) is 5.38. The number of carboxylic acids is 1. The Bertz CT molecular complexity index is 434. The highest BCUT2D eigenvalue weighted by Crippen LogP contribution is 2.45. The molecule has 2 heterocycles. The van der Waals surface area contributed by atoms with Crippen molar-refractivity contribution in [3.63, 3.8) is 0 Å². The first-order chi connectivity index (χ1) is 7.72. The SMILES string of the molecule is CC1(C)OC(C)(C)c2[nH]c(SCC(=O)O)nc21. The number of ether oxygens (including phenoxy) is 1. The average molecular weight is 256 g/mol. The number of nitrogens with zero attached hydrogens (tertiary/aromatic N) is 1. The number of H-pyrrole nitrogens is 1. The summed E-state index contributed by atoms with van der Waals surface area (Å²) < 4.78 is 5.91. The number of nitrogens with one attached hydrogen (secondary N) is 1. The van der Waals surface area contributed by atoms with Crippen LogP contribution in [0.25, 0.3) is 0 Å². The van der Waals surface area contributed by atoms with Crippen molar-refractivity contribution in [2.75, 3.05) is 5.75 Å². The molecule has 0 saturated heterocycles. The zero-order valence-electron chi connectivity index (χ0n) is 10.3. The van der Waals surface area contributed by atoms with E-state index >= 15 is 0 Å². The number of carboxylic acid groups (broad SMARTS) is 1. The minimum absolute atomic E-state index is 0.00804. The molecular formula is C11H16N2O3S. The number of rotatable bonds is 3. The van der Waals surface area contributed by atoms with Gasteiger partial charge in [-0.25, -0.2) is 4.98 Å². The number of hydrogen-bond donors (Lipinski definition) is 2. The summed E-state index contributed by atoms with van der Waals surface area (Å²) in [5.74, 6) is -0.838. The molecule has 2 rings (SSSR count). The number of hydrogen-bond acceptors (Lipinski definition) is 4. The van der Waals surface area contributed by atoms with Crippen molar-refractivity contribution in [1.82, 2.24) is 9.97 Å². The van der Waals surface area contributed by atoms with Gasteiger partial charge in [0.2, 0.25) is 0 Å². The molecule has 0 fully saturated rings. The Balaban J connectivity index is 2.30. The van der Waals surface area contributed by atoms with E-state index in [9.17, 15) is 4.79 Å². The van der Waals surface area contributed by atoms with Gasteiger partial charge in [0, 0.05) is 0 Å². The molecular weight excluding hydrogens is 240 g/mol. The second-order valence-corrected chi connectivity index (χ2v) is 6.03. The summed E-state index contributed by atoms with van der Waals surface area (Å²) in [7, 11) is 0. The highest BCUT2D eigenvalue weighted by molar-refractivity contribution is 7.99. The lowest BCUT2D eigenvalue weighted by Gasteiger charge is -2.24. The zero-order chi connectivity index (χ0) is 12.8. The molecule has 0 amide bonds. The molecule has 6 heteroatoms. The predicted molar refractivity (Wildman–Crippen MR) is 64.1 cm³/mol. The number of carbonyl (C=O) groups is 1. The van der Waals surface area contributed by atoms with Gasteiger partial charge in [-0.05, 0) is 27.7 Å². The van der Waals surface area contributed by atoms with Crippen LogP contribution in [0, 0.1) is 0 Å².